The van der Waals surface area contributed by atoms with Gasteiger partial charge in [0.15, 0.2) is 5.65 Å². The van der Waals surface area contributed by atoms with Gasteiger partial charge in [0.05, 0.1) is 22.8 Å². The van der Waals surface area contributed by atoms with Crippen LogP contribution in [0.15, 0.2) is 42.6 Å². The van der Waals surface area contributed by atoms with Crippen molar-refractivity contribution in [1.82, 2.24) is 24.6 Å². The van der Waals surface area contributed by atoms with Crippen LogP contribution < -0.4 is 0 Å². The van der Waals surface area contributed by atoms with E-state index >= 15 is 0 Å². The first kappa shape index (κ1) is 25.7. The summed E-state index contributed by atoms with van der Waals surface area (Å²) < 4.78 is 7.35. The van der Waals surface area contributed by atoms with Gasteiger partial charge in [0.25, 0.3) is 5.91 Å². The van der Waals surface area contributed by atoms with Crippen LogP contribution in [0.3, 0.4) is 0 Å². The molecule has 1 aromatic carbocycles. The number of nitrogens with zero attached hydrogens (tertiary/aromatic N) is 5. The van der Waals surface area contributed by atoms with E-state index in [9.17, 15) is 9.59 Å². The Hall–Kier alpha value is -3.42. The number of piperidine rings is 1. The summed E-state index contributed by atoms with van der Waals surface area (Å²) in [6.45, 7) is 11.6. The van der Waals surface area contributed by atoms with Crippen molar-refractivity contribution in [2.24, 2.45) is 5.92 Å². The zero-order valence-electron chi connectivity index (χ0n) is 22.2. The first-order chi connectivity index (χ1) is 17.0. The lowest BCUT2D eigenvalue weighted by atomic mass is 9.95. The first-order valence-electron chi connectivity index (χ1n) is 12.7. The molecule has 1 fully saturated rings. The molecule has 4 rings (SSSR count). The Morgan fingerprint density at radius 1 is 1.14 bits per heavy atom. The molecule has 1 saturated heterocycles. The van der Waals surface area contributed by atoms with E-state index in [0.29, 0.717) is 31.1 Å². The largest absolute Gasteiger partial charge is 0.444 e. The van der Waals surface area contributed by atoms with Crippen molar-refractivity contribution in [2.45, 2.75) is 59.1 Å². The lowest BCUT2D eigenvalue weighted by Crippen LogP contribution is -2.43. The number of rotatable bonds is 5. The number of aromatic nitrogens is 3. The second kappa shape index (κ2) is 10.3. The molecule has 0 unspecified atom stereocenters. The minimum Gasteiger partial charge on any atom is -0.444 e. The number of fused-ring (bicyclic) bond motifs is 1. The summed E-state index contributed by atoms with van der Waals surface area (Å²) in [7, 11) is 1.77. The molecule has 8 heteroatoms. The number of hydrogen-bond acceptors (Lipinski definition) is 5. The van der Waals surface area contributed by atoms with E-state index in [1.165, 1.54) is 0 Å². The number of ether oxygens (including phenoxy) is 1. The molecule has 2 amide bonds. The fourth-order valence-electron chi connectivity index (χ4n) is 4.62. The summed E-state index contributed by atoms with van der Waals surface area (Å²) in [5.74, 6) is 0.328. The molecule has 2 aromatic heterocycles. The summed E-state index contributed by atoms with van der Waals surface area (Å²) >= 11 is 0. The number of amides is 2. The highest BCUT2D eigenvalue weighted by molar-refractivity contribution is 6.06. The summed E-state index contributed by atoms with van der Waals surface area (Å²) in [6.07, 6.45) is 3.12. The molecule has 1 aliphatic heterocycles. The number of benzene rings is 1. The lowest BCUT2D eigenvalue weighted by molar-refractivity contribution is 0.0246. The van der Waals surface area contributed by atoms with E-state index in [2.05, 4.69) is 18.9 Å². The second-order valence-electron chi connectivity index (χ2n) is 10.9. The third-order valence-corrected chi connectivity index (χ3v) is 6.49. The van der Waals surface area contributed by atoms with Gasteiger partial charge in [-0.3, -0.25) is 4.79 Å². The normalized spacial score (nSPS) is 14.9. The molecule has 0 bridgehead atoms. The maximum Gasteiger partial charge on any atom is 0.410 e. The van der Waals surface area contributed by atoms with Crippen molar-refractivity contribution in [2.75, 3.05) is 26.7 Å². The Labute approximate surface area is 213 Å². The maximum absolute atomic E-state index is 13.7. The minimum atomic E-state index is -0.515. The summed E-state index contributed by atoms with van der Waals surface area (Å²) in [5.41, 5.74) is 2.58. The van der Waals surface area contributed by atoms with E-state index in [4.69, 9.17) is 9.72 Å². The maximum atomic E-state index is 13.7. The average Bonchev–Trinajstić information content (AvgIpc) is 3.27. The Balaban J connectivity index is 1.52. The molecule has 0 saturated carbocycles. The molecule has 192 valence electrons. The zero-order valence-corrected chi connectivity index (χ0v) is 22.2. The highest BCUT2D eigenvalue weighted by Gasteiger charge is 2.29. The Morgan fingerprint density at radius 3 is 2.42 bits per heavy atom. The number of likely N-dealkylation sites (tertiary alicyclic amines) is 1. The van der Waals surface area contributed by atoms with Crippen LogP contribution in [0.2, 0.25) is 0 Å². The fourth-order valence-corrected chi connectivity index (χ4v) is 4.62. The standard InChI is InChI=1S/C28H37N5O3/c1-19(2)33-25-23(17-29-33)22(16-24(30-25)21-10-8-7-9-11-21)26(34)32-14-12-20(13-15-32)18-31(6)27(35)36-28(3,4)5/h7-11,16-17,19-20H,12-15,18H2,1-6H3. The van der Waals surface area contributed by atoms with Crippen molar-refractivity contribution in [3.8, 4) is 11.3 Å². The van der Waals surface area contributed by atoms with Crippen molar-refractivity contribution in [1.29, 1.82) is 0 Å². The van der Waals surface area contributed by atoms with Gasteiger partial charge in [0, 0.05) is 38.3 Å². The van der Waals surface area contributed by atoms with Crippen LogP contribution in [0.5, 0.6) is 0 Å². The van der Waals surface area contributed by atoms with Gasteiger partial charge in [-0.2, -0.15) is 5.10 Å². The predicted octanol–water partition coefficient (Wildman–Crippen LogP) is 5.40. The molecule has 8 nitrogen and oxygen atoms in total. The minimum absolute atomic E-state index is 0.00170. The number of hydrogen-bond donors (Lipinski definition) is 0. The molecule has 0 atom stereocenters. The highest BCUT2D eigenvalue weighted by Crippen LogP contribution is 2.29. The predicted molar refractivity (Wildman–Crippen MR) is 141 cm³/mol. The van der Waals surface area contributed by atoms with Gasteiger partial charge >= 0.3 is 6.09 Å². The van der Waals surface area contributed by atoms with Crippen molar-refractivity contribution >= 4 is 23.0 Å². The van der Waals surface area contributed by atoms with Gasteiger partial charge in [-0.05, 0) is 59.4 Å². The summed E-state index contributed by atoms with van der Waals surface area (Å²) in [5, 5.41) is 5.32. The van der Waals surface area contributed by atoms with Crippen LogP contribution >= 0.6 is 0 Å². The molecule has 3 aromatic rings. The van der Waals surface area contributed by atoms with Gasteiger partial charge in [-0.25, -0.2) is 14.5 Å². The van der Waals surface area contributed by atoms with E-state index in [-0.39, 0.29) is 18.0 Å². The third-order valence-electron chi connectivity index (χ3n) is 6.49. The summed E-state index contributed by atoms with van der Waals surface area (Å²) in [6, 6.07) is 12.0. The van der Waals surface area contributed by atoms with Crippen molar-refractivity contribution < 1.29 is 14.3 Å². The molecule has 0 spiro atoms. The lowest BCUT2D eigenvalue weighted by Gasteiger charge is -2.34. The topological polar surface area (TPSA) is 80.6 Å². The molecule has 0 aliphatic carbocycles. The van der Waals surface area contributed by atoms with E-state index in [0.717, 1.165) is 35.1 Å². The van der Waals surface area contributed by atoms with Crippen LogP contribution in [0.4, 0.5) is 4.79 Å². The van der Waals surface area contributed by atoms with Gasteiger partial charge in [-0.15, -0.1) is 0 Å². The van der Waals surface area contributed by atoms with Gasteiger partial charge in [-0.1, -0.05) is 30.3 Å². The van der Waals surface area contributed by atoms with Crippen LogP contribution in [0, 0.1) is 5.92 Å². The Bertz CT molecular complexity index is 1220. The van der Waals surface area contributed by atoms with Gasteiger partial charge < -0.3 is 14.5 Å². The quantitative estimate of drug-likeness (QED) is 0.477. The fraction of sp³-hybridized carbons (Fsp3) is 0.500. The third kappa shape index (κ3) is 5.69. The van der Waals surface area contributed by atoms with E-state index in [1.807, 2.05) is 66.8 Å². The Morgan fingerprint density at radius 2 is 1.81 bits per heavy atom. The molecule has 3 heterocycles. The van der Waals surface area contributed by atoms with E-state index in [1.54, 1.807) is 18.1 Å². The van der Waals surface area contributed by atoms with Crippen molar-refractivity contribution in [3.05, 3.63) is 48.2 Å². The van der Waals surface area contributed by atoms with E-state index < -0.39 is 5.60 Å². The Kier molecular flexibility index (Phi) is 7.33. The highest BCUT2D eigenvalue weighted by atomic mass is 16.6. The SMILES string of the molecule is CC(C)n1ncc2c(C(=O)N3CCC(CN(C)C(=O)OC(C)(C)C)CC3)cc(-c3ccccc3)nc21. The monoisotopic (exact) mass is 491 g/mol. The number of carbonyl (C=O) groups is 2. The van der Waals surface area contributed by atoms with Crippen LogP contribution in [0.1, 0.15) is 63.9 Å². The molecule has 0 radical (unpaired) electrons. The second-order valence-corrected chi connectivity index (χ2v) is 10.9. The molecule has 1 aliphatic rings. The first-order valence-corrected chi connectivity index (χ1v) is 12.7. The number of carbonyl (C=O) groups excluding carboxylic acids is 2. The summed E-state index contributed by atoms with van der Waals surface area (Å²) in [4.78, 5) is 34.5. The van der Waals surface area contributed by atoms with Crippen molar-refractivity contribution in [3.63, 3.8) is 0 Å². The van der Waals surface area contributed by atoms with Crippen LogP contribution in [-0.2, 0) is 4.74 Å². The van der Waals surface area contributed by atoms with Crippen LogP contribution in [-0.4, -0.2) is 68.8 Å². The molecule has 36 heavy (non-hydrogen) atoms. The average molecular weight is 492 g/mol. The zero-order chi connectivity index (χ0) is 26.0. The van der Waals surface area contributed by atoms with Gasteiger partial charge in [0.2, 0.25) is 0 Å². The molecule has 0 N–H and O–H groups in total. The smallest absolute Gasteiger partial charge is 0.410 e. The van der Waals surface area contributed by atoms with Gasteiger partial charge in [0.1, 0.15) is 5.60 Å². The molecular weight excluding hydrogens is 454 g/mol. The molecular formula is C28H37N5O3. The number of pyridine rings is 1. The van der Waals surface area contributed by atoms with Crippen LogP contribution in [0.25, 0.3) is 22.3 Å².